The maximum Gasteiger partial charge on any atom is 0.365 e. The highest BCUT2D eigenvalue weighted by Gasteiger charge is 2.40. The van der Waals surface area contributed by atoms with Crippen LogP contribution in [0.1, 0.15) is 56.3 Å². The van der Waals surface area contributed by atoms with Crippen LogP contribution in [0.25, 0.3) is 0 Å². The number of nitrogens with zero attached hydrogens (tertiary/aromatic N) is 2. The van der Waals surface area contributed by atoms with Crippen LogP contribution in [0.5, 0.6) is 5.75 Å². The van der Waals surface area contributed by atoms with Gasteiger partial charge in [0.1, 0.15) is 11.5 Å². The van der Waals surface area contributed by atoms with E-state index >= 15 is 4.79 Å². The Hall–Kier alpha value is -6.45. The molecule has 10 nitrogen and oxygen atoms in total. The predicted octanol–water partition coefficient (Wildman–Crippen LogP) is 9.76. The van der Waals surface area contributed by atoms with Crippen molar-refractivity contribution >= 4 is 19.5 Å². The van der Waals surface area contributed by atoms with Gasteiger partial charge < -0.3 is 25.4 Å². The van der Waals surface area contributed by atoms with E-state index in [0.29, 0.717) is 41.6 Å². The lowest BCUT2D eigenvalue weighted by atomic mass is 9.96. The molecule has 4 N–H and O–H groups in total. The van der Waals surface area contributed by atoms with Crippen molar-refractivity contribution in [1.82, 2.24) is 9.80 Å². The Labute approximate surface area is 350 Å². The van der Waals surface area contributed by atoms with Crippen molar-refractivity contribution in [1.29, 1.82) is 0 Å². The van der Waals surface area contributed by atoms with Crippen LogP contribution in [-0.2, 0) is 41.4 Å². The number of amides is 3. The normalized spacial score (nSPS) is 15.7. The molecule has 0 aliphatic carbocycles. The molecule has 306 valence electrons. The van der Waals surface area contributed by atoms with E-state index in [0.717, 1.165) is 22.3 Å². The molecule has 0 saturated carbocycles. The fourth-order valence-corrected chi connectivity index (χ4v) is 8.45. The van der Waals surface area contributed by atoms with Crippen LogP contribution < -0.4 is 10.5 Å². The number of carbonyl (C=O) groups excluding carboxylic acids is 2. The van der Waals surface area contributed by atoms with Crippen LogP contribution in [0.15, 0.2) is 181 Å². The summed E-state index contributed by atoms with van der Waals surface area (Å²) in [6, 6.07) is 51.2. The van der Waals surface area contributed by atoms with Gasteiger partial charge in [0.05, 0.1) is 24.4 Å². The molecule has 0 aromatic heterocycles. The summed E-state index contributed by atoms with van der Waals surface area (Å²) in [5, 5.41) is 12.3. The number of urea groups is 1. The van der Waals surface area contributed by atoms with E-state index < -0.39 is 32.0 Å². The fourth-order valence-electron chi connectivity index (χ4n) is 7.50. The number of hydrogen-bond acceptors (Lipinski definition) is 6. The molecule has 6 aromatic carbocycles. The Kier molecular flexibility index (Phi) is 13.6. The van der Waals surface area contributed by atoms with Gasteiger partial charge in [-0.15, -0.1) is 0 Å². The number of aryl methyl sites for hydroxylation is 1. The number of rotatable bonds is 18. The molecule has 3 amide bonds. The summed E-state index contributed by atoms with van der Waals surface area (Å²) in [6.45, 7) is 0.0645. The second-order valence-electron chi connectivity index (χ2n) is 14.8. The molecule has 1 aliphatic rings. The average Bonchev–Trinajstić information content (AvgIpc) is 3.27. The molecule has 6 aromatic rings. The number of hydrogen-bond donors (Lipinski definition) is 3. The minimum atomic E-state index is -4.35. The van der Waals surface area contributed by atoms with Crippen LogP contribution >= 0.6 is 7.60 Å². The number of allylic oxidation sites excluding steroid dienone is 1. The number of para-hydroxylation sites is 1. The fraction of sp³-hybridized carbons (Fsp3) is 0.184. The van der Waals surface area contributed by atoms with Crippen molar-refractivity contribution in [3.8, 4) is 5.75 Å². The summed E-state index contributed by atoms with van der Waals surface area (Å²) in [4.78, 5) is 41.6. The Bertz CT molecular complexity index is 2450. The largest absolute Gasteiger partial charge is 0.508 e. The summed E-state index contributed by atoms with van der Waals surface area (Å²) in [5.74, 6) is -0.247. The summed E-state index contributed by atoms with van der Waals surface area (Å²) < 4.78 is 25.8. The van der Waals surface area contributed by atoms with Gasteiger partial charge in [-0.25, -0.2) is 4.79 Å². The molecule has 1 aliphatic heterocycles. The van der Waals surface area contributed by atoms with E-state index in [2.05, 4.69) is 0 Å². The number of benzene rings is 6. The molecular weight excluding hydrogens is 774 g/mol. The van der Waals surface area contributed by atoms with E-state index in [1.54, 1.807) is 52.3 Å². The van der Waals surface area contributed by atoms with Crippen molar-refractivity contribution in [2.45, 2.75) is 50.9 Å². The quantitative estimate of drug-likeness (QED) is 0.0733. The van der Waals surface area contributed by atoms with Crippen LogP contribution in [0.2, 0.25) is 0 Å². The third-order valence-electron chi connectivity index (χ3n) is 10.5. The Morgan fingerprint density at radius 1 is 0.717 bits per heavy atom. The van der Waals surface area contributed by atoms with Gasteiger partial charge in [0.2, 0.25) is 5.91 Å². The lowest BCUT2D eigenvalue weighted by Gasteiger charge is -2.43. The van der Waals surface area contributed by atoms with Gasteiger partial charge in [0.15, 0.2) is 6.35 Å². The zero-order valence-corrected chi connectivity index (χ0v) is 34.0. The molecule has 0 bridgehead atoms. The second-order valence-corrected chi connectivity index (χ2v) is 16.6. The first kappa shape index (κ1) is 41.7. The number of aliphatic hydroxyl groups is 1. The van der Waals surface area contributed by atoms with Gasteiger partial charge >= 0.3 is 13.6 Å². The highest BCUT2D eigenvalue weighted by Crippen LogP contribution is 2.48. The number of carbonyl (C=O) groups is 2. The smallest absolute Gasteiger partial charge is 0.365 e. The summed E-state index contributed by atoms with van der Waals surface area (Å²) in [6.07, 6.45) is 0.304. The minimum absolute atomic E-state index is 0.0261. The number of primary amides is 1. The van der Waals surface area contributed by atoms with E-state index in [9.17, 15) is 19.4 Å². The highest BCUT2D eigenvalue weighted by atomic mass is 31.2. The van der Waals surface area contributed by atoms with Crippen molar-refractivity contribution in [3.63, 3.8) is 0 Å². The molecule has 0 radical (unpaired) electrons. The molecule has 3 unspecified atom stereocenters. The maximum atomic E-state index is 15.0. The van der Waals surface area contributed by atoms with Crippen molar-refractivity contribution < 1.29 is 33.4 Å². The number of aliphatic hydroxyl groups excluding tert-OH is 1. The van der Waals surface area contributed by atoms with E-state index in [-0.39, 0.29) is 37.1 Å². The van der Waals surface area contributed by atoms with Gasteiger partial charge in [-0.05, 0) is 58.9 Å². The molecule has 0 spiro atoms. The monoisotopic (exact) mass is 821 g/mol. The Balaban J connectivity index is 1.19. The van der Waals surface area contributed by atoms with Gasteiger partial charge in [0.25, 0.3) is 0 Å². The summed E-state index contributed by atoms with van der Waals surface area (Å²) in [5.41, 5.74) is 11.2. The van der Waals surface area contributed by atoms with Crippen LogP contribution in [-0.4, -0.2) is 44.1 Å². The predicted molar refractivity (Wildman–Crippen MR) is 232 cm³/mol. The first-order valence-corrected chi connectivity index (χ1v) is 21.7. The second kappa shape index (κ2) is 19.5. The SMILES string of the molecule is NC(=O)c1cccc(CN2C(=O)N(Cc3ccccc3OCP(=O)(O)OC(Cc3ccccc3)c3ccccc3)C(Cc3ccccc3)=C(O)C2CCc2ccccc2)c1. The lowest BCUT2D eigenvalue weighted by molar-refractivity contribution is 0.0999. The lowest BCUT2D eigenvalue weighted by Crippen LogP contribution is -2.53. The molecule has 11 heteroatoms. The van der Waals surface area contributed by atoms with Gasteiger partial charge in [-0.1, -0.05) is 152 Å². The van der Waals surface area contributed by atoms with Crippen LogP contribution in [0, 0.1) is 0 Å². The molecule has 60 heavy (non-hydrogen) atoms. The van der Waals surface area contributed by atoms with Gasteiger partial charge in [-0.2, -0.15) is 0 Å². The third kappa shape index (κ3) is 10.8. The molecule has 3 atom stereocenters. The Morgan fingerprint density at radius 3 is 1.97 bits per heavy atom. The van der Waals surface area contributed by atoms with E-state index in [4.69, 9.17) is 15.0 Å². The van der Waals surface area contributed by atoms with E-state index in [1.165, 1.54) is 0 Å². The highest BCUT2D eigenvalue weighted by molar-refractivity contribution is 7.52. The van der Waals surface area contributed by atoms with Gasteiger partial charge in [-0.3, -0.25) is 18.8 Å². The van der Waals surface area contributed by atoms with Crippen LogP contribution in [0.3, 0.4) is 0 Å². The minimum Gasteiger partial charge on any atom is -0.508 e. The zero-order valence-electron chi connectivity index (χ0n) is 33.1. The van der Waals surface area contributed by atoms with E-state index in [1.807, 2.05) is 127 Å². The van der Waals surface area contributed by atoms with Crippen molar-refractivity contribution in [2.75, 3.05) is 6.35 Å². The molecule has 0 saturated heterocycles. The summed E-state index contributed by atoms with van der Waals surface area (Å²) >= 11 is 0. The zero-order chi connectivity index (χ0) is 41.9. The van der Waals surface area contributed by atoms with Crippen LogP contribution in [0.4, 0.5) is 4.79 Å². The number of nitrogens with two attached hydrogens (primary N) is 1. The molecular formula is C49H48N3O7P. The standard InChI is InChI=1S/C49H48N3O7P/c50-48(54)41-26-15-22-39(30-41)33-51-43(29-28-36-16-5-1-6-17-36)47(53)44(31-37-18-7-2-8-19-37)52(49(51)55)34-42-25-13-14-27-45(42)58-35-60(56,57)59-46(40-23-11-4-12-24-40)32-38-20-9-3-10-21-38/h1-27,30,43,46,53H,28-29,31-35H2,(H2,50,54)(H,56,57). The average molecular weight is 822 g/mol. The van der Waals surface area contributed by atoms with Crippen molar-refractivity contribution in [3.05, 3.63) is 220 Å². The molecule has 7 rings (SSSR count). The number of ether oxygens (including phenoxy) is 1. The van der Waals surface area contributed by atoms with Gasteiger partial charge in [0, 0.05) is 30.5 Å². The molecule has 0 fully saturated rings. The maximum absolute atomic E-state index is 15.0. The Morgan fingerprint density at radius 2 is 1.30 bits per heavy atom. The summed E-state index contributed by atoms with van der Waals surface area (Å²) in [7, 11) is -4.35. The third-order valence-corrected chi connectivity index (χ3v) is 11.6. The first-order chi connectivity index (χ1) is 29.1. The van der Waals surface area contributed by atoms with Crippen molar-refractivity contribution in [2.24, 2.45) is 5.73 Å². The first-order valence-electron chi connectivity index (χ1n) is 19.9. The molecule has 1 heterocycles. The topological polar surface area (TPSA) is 143 Å².